The highest BCUT2D eigenvalue weighted by molar-refractivity contribution is 7.99. The van der Waals surface area contributed by atoms with Crippen molar-refractivity contribution >= 4 is 29.2 Å². The number of nitrogens with one attached hydrogen (secondary N) is 1. The van der Waals surface area contributed by atoms with Crippen LogP contribution in [-0.2, 0) is 14.4 Å². The van der Waals surface area contributed by atoms with Gasteiger partial charge >= 0.3 is 0 Å². The van der Waals surface area contributed by atoms with Gasteiger partial charge in [-0.15, -0.1) is 0 Å². The molecule has 1 aliphatic heterocycles. The Kier molecular flexibility index (Phi) is 9.98. The molecule has 0 aromatic heterocycles. The monoisotopic (exact) mass is 583 g/mol. The molecule has 5 rings (SSSR count). The number of carbonyl (C=O) groups is 3. The van der Waals surface area contributed by atoms with Crippen molar-refractivity contribution in [3.8, 4) is 0 Å². The zero-order chi connectivity index (χ0) is 29.1. The topological polar surface area (TPSA) is 63.2 Å². The number of rotatable bonds is 4. The molecule has 0 spiro atoms. The van der Waals surface area contributed by atoms with Gasteiger partial charge in [0.1, 0.15) is 11.6 Å². The Morgan fingerprint density at radius 1 is 0.878 bits per heavy atom. The summed E-state index contributed by atoms with van der Waals surface area (Å²) in [6, 6.07) is 0.184. The molecule has 0 aromatic carbocycles. The number of Topliss-reactive ketones (excluding diaryl/α,β-unsaturated/α-hetero) is 2. The molecule has 226 valence electrons. The van der Waals surface area contributed by atoms with Crippen LogP contribution in [0.2, 0.25) is 0 Å². The molecular formula is C35H50FNO3S. The summed E-state index contributed by atoms with van der Waals surface area (Å²) in [7, 11) is 0. The number of carbonyl (C=O) groups excluding carboxylic acids is 3. The fraction of sp³-hybridized carbons (Fsp3) is 0.743. The zero-order valence-corrected chi connectivity index (χ0v) is 26.2. The van der Waals surface area contributed by atoms with Crippen molar-refractivity contribution in [3.05, 3.63) is 35.2 Å². The summed E-state index contributed by atoms with van der Waals surface area (Å²) in [5.41, 5.74) is 1.55. The van der Waals surface area contributed by atoms with E-state index in [1.807, 2.05) is 17.8 Å². The van der Waals surface area contributed by atoms with Gasteiger partial charge in [-0.3, -0.25) is 14.4 Å². The number of halogens is 1. The molecule has 2 unspecified atom stereocenters. The Bertz CT molecular complexity index is 1080. The molecule has 0 radical (unpaired) electrons. The predicted molar refractivity (Wildman–Crippen MR) is 165 cm³/mol. The minimum atomic E-state index is -0.371. The summed E-state index contributed by atoms with van der Waals surface area (Å²) in [5.74, 6) is 3.05. The second-order valence-corrected chi connectivity index (χ2v) is 15.7. The van der Waals surface area contributed by atoms with Gasteiger partial charge in [0.2, 0.25) is 5.91 Å². The summed E-state index contributed by atoms with van der Waals surface area (Å²) < 4.78 is 14.4. The smallest absolute Gasteiger partial charge is 0.223 e. The van der Waals surface area contributed by atoms with E-state index < -0.39 is 0 Å². The van der Waals surface area contributed by atoms with Gasteiger partial charge in [-0.2, -0.15) is 11.8 Å². The van der Waals surface area contributed by atoms with Crippen LogP contribution in [-0.4, -0.2) is 35.0 Å². The first-order chi connectivity index (χ1) is 19.6. The maximum Gasteiger partial charge on any atom is 0.223 e. The summed E-state index contributed by atoms with van der Waals surface area (Å²) >= 11 is 1.94. The molecule has 5 aliphatic rings. The lowest BCUT2D eigenvalue weighted by Crippen LogP contribution is -2.44. The van der Waals surface area contributed by atoms with Crippen LogP contribution in [0.4, 0.5) is 4.39 Å². The van der Waals surface area contributed by atoms with Gasteiger partial charge in [0, 0.05) is 35.8 Å². The van der Waals surface area contributed by atoms with E-state index in [0.717, 1.165) is 81.3 Å². The van der Waals surface area contributed by atoms with E-state index in [-0.39, 0.29) is 58.9 Å². The number of amides is 1. The van der Waals surface area contributed by atoms with Gasteiger partial charge in [-0.25, -0.2) is 4.39 Å². The molecule has 6 heteroatoms. The first-order valence-corrected chi connectivity index (χ1v) is 17.5. The van der Waals surface area contributed by atoms with Gasteiger partial charge in [0.25, 0.3) is 0 Å². The number of ketones is 2. The van der Waals surface area contributed by atoms with Gasteiger partial charge in [0.05, 0.1) is 0 Å². The lowest BCUT2D eigenvalue weighted by molar-refractivity contribution is -0.131. The maximum atomic E-state index is 14.4. The molecule has 1 heterocycles. The quantitative estimate of drug-likeness (QED) is 0.365. The molecule has 1 saturated heterocycles. The lowest BCUT2D eigenvalue weighted by atomic mass is 9.65. The molecular weight excluding hydrogens is 533 g/mol. The summed E-state index contributed by atoms with van der Waals surface area (Å²) in [5, 5.41) is 3.38. The van der Waals surface area contributed by atoms with Crippen LogP contribution in [0, 0.1) is 40.9 Å². The zero-order valence-electron chi connectivity index (χ0n) is 25.4. The number of fused-ring (bicyclic) bond motifs is 1. The normalized spacial score (nSPS) is 34.3. The van der Waals surface area contributed by atoms with E-state index in [1.54, 1.807) is 0 Å². The Balaban J connectivity index is 1.24. The number of hydrogen-bond acceptors (Lipinski definition) is 4. The van der Waals surface area contributed by atoms with Crippen molar-refractivity contribution in [3.63, 3.8) is 0 Å². The van der Waals surface area contributed by atoms with Crippen LogP contribution in [0.5, 0.6) is 0 Å². The minimum Gasteiger partial charge on any atom is -0.353 e. The average molecular weight is 584 g/mol. The molecule has 41 heavy (non-hydrogen) atoms. The van der Waals surface area contributed by atoms with E-state index in [9.17, 15) is 18.8 Å². The highest BCUT2D eigenvalue weighted by Gasteiger charge is 2.44. The largest absolute Gasteiger partial charge is 0.353 e. The average Bonchev–Trinajstić information content (AvgIpc) is 3.15. The van der Waals surface area contributed by atoms with Crippen LogP contribution in [0.1, 0.15) is 104 Å². The summed E-state index contributed by atoms with van der Waals surface area (Å²) in [4.78, 5) is 41.0. The number of hydrogen-bond donors (Lipinski definition) is 1. The summed E-state index contributed by atoms with van der Waals surface area (Å²) in [6.45, 7) is 6.93. The van der Waals surface area contributed by atoms with E-state index in [4.69, 9.17) is 0 Å². The fourth-order valence-electron chi connectivity index (χ4n) is 8.38. The predicted octanol–water partition coefficient (Wildman–Crippen LogP) is 7.93. The third-order valence-electron chi connectivity index (χ3n) is 11.0. The van der Waals surface area contributed by atoms with E-state index in [2.05, 4.69) is 26.1 Å². The molecule has 2 atom stereocenters. The molecule has 4 aliphatic carbocycles. The molecule has 1 N–H and O–H groups in total. The second kappa shape index (κ2) is 13.3. The number of allylic oxidation sites excluding steroid dienone is 6. The van der Waals surface area contributed by atoms with Crippen molar-refractivity contribution < 1.29 is 18.8 Å². The van der Waals surface area contributed by atoms with Crippen molar-refractivity contribution in [2.75, 3.05) is 11.5 Å². The third-order valence-corrected chi connectivity index (χ3v) is 12.0. The van der Waals surface area contributed by atoms with Crippen LogP contribution < -0.4 is 5.32 Å². The first kappa shape index (κ1) is 30.8. The Hall–Kier alpha value is -1.69. The van der Waals surface area contributed by atoms with Crippen LogP contribution in [0.15, 0.2) is 35.2 Å². The fourth-order valence-corrected chi connectivity index (χ4v) is 9.52. The Labute approximate surface area is 250 Å². The Morgan fingerprint density at radius 3 is 2.22 bits per heavy atom. The maximum absolute atomic E-state index is 14.4. The molecule has 0 aromatic rings. The third kappa shape index (κ3) is 7.28. The molecule has 4 fully saturated rings. The van der Waals surface area contributed by atoms with Crippen LogP contribution in [0.25, 0.3) is 0 Å². The Morgan fingerprint density at radius 2 is 1.56 bits per heavy atom. The van der Waals surface area contributed by atoms with Crippen molar-refractivity contribution in [2.45, 2.75) is 110 Å². The standard InChI is InChI=1S/C35H50FNO3S/c1-35(2,3)25-11-7-24(8-12-25)34(40)37-27-13-9-22(10-14-27)28-15-16-31(38)30-21-26(36)5-4-6-29(30)32(33(28)39)23-17-19-41-20-18-23/h5-6,21-25,27-28,32H,4,7-20H2,1-3H3,(H,37,40). The van der Waals surface area contributed by atoms with Gasteiger partial charge in [0.15, 0.2) is 5.78 Å². The lowest BCUT2D eigenvalue weighted by Gasteiger charge is -2.40. The van der Waals surface area contributed by atoms with Crippen molar-refractivity contribution in [1.82, 2.24) is 5.32 Å². The van der Waals surface area contributed by atoms with Crippen molar-refractivity contribution in [1.29, 1.82) is 0 Å². The molecule has 3 saturated carbocycles. The van der Waals surface area contributed by atoms with E-state index in [0.29, 0.717) is 36.2 Å². The van der Waals surface area contributed by atoms with Crippen molar-refractivity contribution in [2.24, 2.45) is 40.9 Å². The molecule has 4 nitrogen and oxygen atoms in total. The van der Waals surface area contributed by atoms with Gasteiger partial charge < -0.3 is 5.32 Å². The first-order valence-electron chi connectivity index (χ1n) is 16.3. The summed E-state index contributed by atoms with van der Waals surface area (Å²) in [6.07, 6.45) is 16.0. The number of thioether (sulfide) groups is 1. The SMILES string of the molecule is CC(C)(C)C1CCC(C(=O)NC2CCC(C3CCC(=O)C4=CC(F)=CCC=C4C(C4CCSCC4)C3=O)CC2)CC1. The van der Waals surface area contributed by atoms with Crippen LogP contribution >= 0.6 is 11.8 Å². The van der Waals surface area contributed by atoms with Crippen LogP contribution in [0.3, 0.4) is 0 Å². The molecule has 0 bridgehead atoms. The molecule has 1 amide bonds. The van der Waals surface area contributed by atoms with Gasteiger partial charge in [-0.05, 0) is 129 Å². The van der Waals surface area contributed by atoms with E-state index in [1.165, 1.54) is 12.2 Å². The second-order valence-electron chi connectivity index (χ2n) is 14.5. The van der Waals surface area contributed by atoms with E-state index >= 15 is 0 Å². The minimum absolute atomic E-state index is 0.0171. The highest BCUT2D eigenvalue weighted by Crippen LogP contribution is 2.45. The van der Waals surface area contributed by atoms with Gasteiger partial charge in [-0.1, -0.05) is 26.8 Å². The highest BCUT2D eigenvalue weighted by atomic mass is 32.2.